The third-order valence-corrected chi connectivity index (χ3v) is 2.76. The normalized spacial score (nSPS) is 11.4. The van der Waals surface area contributed by atoms with Crippen LogP contribution in [0.25, 0.3) is 18.7 Å². The summed E-state index contributed by atoms with van der Waals surface area (Å²) < 4.78 is 0. The molecule has 112 valence electrons. The Labute approximate surface area is 129 Å². The average molecular weight is 281 g/mol. The third kappa shape index (κ3) is 6.62. The molecular weight excluding hydrogens is 254 g/mol. The Morgan fingerprint density at radius 3 is 2.00 bits per heavy atom. The SMILES string of the molecule is C=C(/C=C\C)/C(N)=C(/C)c1ccc(=C)c(=C)c1.C=C(C)C. The number of allylic oxidation sites excluding steroid dienone is 4. The van der Waals surface area contributed by atoms with Gasteiger partial charge in [0.25, 0.3) is 0 Å². The molecule has 0 atom stereocenters. The number of hydrogen-bond donors (Lipinski definition) is 1. The fraction of sp³-hybridized carbons (Fsp3) is 0.200. The van der Waals surface area contributed by atoms with Gasteiger partial charge in [0.1, 0.15) is 0 Å². The number of rotatable bonds is 3. The van der Waals surface area contributed by atoms with E-state index in [1.165, 1.54) is 5.57 Å². The van der Waals surface area contributed by atoms with E-state index in [9.17, 15) is 0 Å². The van der Waals surface area contributed by atoms with E-state index in [2.05, 4.69) is 26.3 Å². The van der Waals surface area contributed by atoms with Crippen LogP contribution in [-0.4, -0.2) is 0 Å². The second-order valence-electron chi connectivity index (χ2n) is 5.25. The van der Waals surface area contributed by atoms with Crippen molar-refractivity contribution in [1.82, 2.24) is 0 Å². The van der Waals surface area contributed by atoms with Crippen LogP contribution in [0.3, 0.4) is 0 Å². The Kier molecular flexibility index (Phi) is 7.85. The summed E-state index contributed by atoms with van der Waals surface area (Å²) in [6.45, 7) is 23.2. The van der Waals surface area contributed by atoms with Crippen LogP contribution in [0.15, 0.2) is 60.4 Å². The van der Waals surface area contributed by atoms with Crippen LogP contribution in [0.2, 0.25) is 0 Å². The smallest absolute Gasteiger partial charge is 0.0417 e. The molecule has 1 nitrogen and oxygen atoms in total. The molecule has 0 spiro atoms. The Balaban J connectivity index is 0.000000885. The van der Waals surface area contributed by atoms with E-state index in [0.29, 0.717) is 5.70 Å². The lowest BCUT2D eigenvalue weighted by Gasteiger charge is -2.08. The molecule has 0 unspecified atom stereocenters. The first-order valence-electron chi connectivity index (χ1n) is 6.89. The fourth-order valence-electron chi connectivity index (χ4n) is 1.55. The van der Waals surface area contributed by atoms with E-state index in [1.807, 2.05) is 58.0 Å². The Hall–Kier alpha value is -2.28. The minimum Gasteiger partial charge on any atom is -0.398 e. The molecule has 0 aromatic heterocycles. The van der Waals surface area contributed by atoms with Crippen molar-refractivity contribution in [1.29, 1.82) is 0 Å². The van der Waals surface area contributed by atoms with E-state index >= 15 is 0 Å². The molecule has 0 aliphatic heterocycles. The van der Waals surface area contributed by atoms with E-state index in [4.69, 9.17) is 5.73 Å². The maximum atomic E-state index is 6.06. The molecule has 0 fully saturated rings. The summed E-state index contributed by atoms with van der Waals surface area (Å²) in [4.78, 5) is 0. The van der Waals surface area contributed by atoms with Crippen molar-refractivity contribution in [2.75, 3.05) is 0 Å². The number of nitrogens with two attached hydrogens (primary N) is 1. The lowest BCUT2D eigenvalue weighted by atomic mass is 10.0. The van der Waals surface area contributed by atoms with Gasteiger partial charge in [-0.15, -0.1) is 6.58 Å². The molecule has 1 aromatic carbocycles. The first-order chi connectivity index (χ1) is 9.70. The lowest BCUT2D eigenvalue weighted by Crippen LogP contribution is -2.21. The van der Waals surface area contributed by atoms with Crippen molar-refractivity contribution in [3.05, 3.63) is 76.4 Å². The van der Waals surface area contributed by atoms with Crippen molar-refractivity contribution < 1.29 is 0 Å². The third-order valence-electron chi connectivity index (χ3n) is 2.76. The van der Waals surface area contributed by atoms with E-state index in [-0.39, 0.29) is 0 Å². The van der Waals surface area contributed by atoms with Gasteiger partial charge in [-0.1, -0.05) is 49.6 Å². The Morgan fingerprint density at radius 1 is 1.05 bits per heavy atom. The fourth-order valence-corrected chi connectivity index (χ4v) is 1.55. The number of hydrogen-bond acceptors (Lipinski definition) is 1. The second kappa shape index (κ2) is 8.80. The Morgan fingerprint density at radius 2 is 1.57 bits per heavy atom. The minimum atomic E-state index is 0.708. The Bertz CT molecular complexity index is 668. The summed E-state index contributed by atoms with van der Waals surface area (Å²) in [7, 11) is 0. The van der Waals surface area contributed by atoms with Crippen LogP contribution in [0.5, 0.6) is 0 Å². The van der Waals surface area contributed by atoms with Crippen molar-refractivity contribution in [2.45, 2.75) is 27.7 Å². The zero-order valence-electron chi connectivity index (χ0n) is 13.8. The van der Waals surface area contributed by atoms with Gasteiger partial charge in [-0.05, 0) is 60.9 Å². The summed E-state index contributed by atoms with van der Waals surface area (Å²) in [5.74, 6) is 0. The summed E-state index contributed by atoms with van der Waals surface area (Å²) >= 11 is 0. The molecule has 0 radical (unpaired) electrons. The molecule has 0 bridgehead atoms. The molecule has 0 aliphatic carbocycles. The molecule has 1 heteroatoms. The van der Waals surface area contributed by atoms with Crippen molar-refractivity contribution in [2.24, 2.45) is 5.73 Å². The zero-order chi connectivity index (χ0) is 16.6. The van der Waals surface area contributed by atoms with Crippen LogP contribution in [-0.2, 0) is 0 Å². The molecule has 0 saturated heterocycles. The highest BCUT2D eigenvalue weighted by Crippen LogP contribution is 2.18. The van der Waals surface area contributed by atoms with Gasteiger partial charge < -0.3 is 5.73 Å². The molecule has 0 aliphatic rings. The average Bonchev–Trinajstić information content (AvgIpc) is 2.40. The van der Waals surface area contributed by atoms with Crippen LogP contribution in [0.4, 0.5) is 0 Å². The van der Waals surface area contributed by atoms with Gasteiger partial charge in [0.2, 0.25) is 0 Å². The molecule has 0 saturated carbocycles. The van der Waals surface area contributed by atoms with E-state index < -0.39 is 0 Å². The van der Waals surface area contributed by atoms with Gasteiger partial charge in [0, 0.05) is 5.70 Å². The van der Waals surface area contributed by atoms with Crippen molar-refractivity contribution >= 4 is 18.7 Å². The standard InChI is InChI=1S/C16H19N.C4H8/c1-6-7-12(3)16(17)14(5)15-9-8-11(2)13(4)10-15;1-4(2)3/h6-10H,2-4,17H2,1,5H3;1H2,2-3H3/b7-6-,16-14+;. The van der Waals surface area contributed by atoms with Crippen LogP contribution in [0, 0.1) is 0 Å². The lowest BCUT2D eigenvalue weighted by molar-refractivity contribution is 1.33. The summed E-state index contributed by atoms with van der Waals surface area (Å²) in [6, 6.07) is 5.95. The predicted octanol–water partition coefficient (Wildman–Crippen LogP) is 3.91. The first kappa shape index (κ1) is 18.7. The second-order valence-corrected chi connectivity index (χ2v) is 5.25. The quantitative estimate of drug-likeness (QED) is 0.660. The predicted molar refractivity (Wildman–Crippen MR) is 98.0 cm³/mol. The zero-order valence-corrected chi connectivity index (χ0v) is 13.8. The molecule has 0 heterocycles. The maximum absolute atomic E-state index is 6.06. The van der Waals surface area contributed by atoms with Gasteiger partial charge in [-0.2, -0.15) is 0 Å². The molecular formula is C20H27N. The van der Waals surface area contributed by atoms with Gasteiger partial charge in [-0.3, -0.25) is 0 Å². The van der Waals surface area contributed by atoms with Crippen molar-refractivity contribution in [3.63, 3.8) is 0 Å². The van der Waals surface area contributed by atoms with E-state index in [0.717, 1.165) is 27.1 Å². The largest absolute Gasteiger partial charge is 0.398 e. The minimum absolute atomic E-state index is 0.708. The van der Waals surface area contributed by atoms with Gasteiger partial charge in [-0.25, -0.2) is 0 Å². The highest BCUT2D eigenvalue weighted by Gasteiger charge is 2.02. The van der Waals surface area contributed by atoms with Crippen molar-refractivity contribution in [3.8, 4) is 0 Å². The summed E-state index contributed by atoms with van der Waals surface area (Å²) in [5, 5.41) is 1.86. The topological polar surface area (TPSA) is 26.0 Å². The van der Waals surface area contributed by atoms with E-state index in [1.54, 1.807) is 0 Å². The maximum Gasteiger partial charge on any atom is 0.0417 e. The van der Waals surface area contributed by atoms with Gasteiger partial charge in [0.05, 0.1) is 0 Å². The van der Waals surface area contributed by atoms with Crippen LogP contribution >= 0.6 is 0 Å². The monoisotopic (exact) mass is 281 g/mol. The summed E-state index contributed by atoms with van der Waals surface area (Å²) in [5.41, 5.74) is 10.8. The van der Waals surface area contributed by atoms with Gasteiger partial charge in [0.15, 0.2) is 0 Å². The number of benzene rings is 1. The van der Waals surface area contributed by atoms with Crippen LogP contribution in [0.1, 0.15) is 33.3 Å². The van der Waals surface area contributed by atoms with Gasteiger partial charge >= 0.3 is 0 Å². The summed E-state index contributed by atoms with van der Waals surface area (Å²) in [6.07, 6.45) is 3.83. The molecule has 0 amide bonds. The molecule has 1 aromatic rings. The highest BCUT2D eigenvalue weighted by atomic mass is 14.6. The molecule has 1 rings (SSSR count). The highest BCUT2D eigenvalue weighted by molar-refractivity contribution is 5.71. The molecule has 2 N–H and O–H groups in total. The first-order valence-corrected chi connectivity index (χ1v) is 6.89. The molecule has 21 heavy (non-hydrogen) atoms. The van der Waals surface area contributed by atoms with Crippen LogP contribution < -0.4 is 16.2 Å².